The Morgan fingerprint density at radius 3 is 2.72 bits per heavy atom. The summed E-state index contributed by atoms with van der Waals surface area (Å²) in [5.41, 5.74) is 0.441. The van der Waals surface area contributed by atoms with Crippen LogP contribution in [0.5, 0.6) is 5.75 Å². The molecular weight excluding hydrogens is 432 g/mol. The number of carbonyl (C=O) groups is 2. The summed E-state index contributed by atoms with van der Waals surface area (Å²) in [6, 6.07) is 12.1. The largest absolute Gasteiger partial charge is 0.494 e. The van der Waals surface area contributed by atoms with Crippen molar-refractivity contribution in [3.05, 3.63) is 69.3 Å². The van der Waals surface area contributed by atoms with Crippen LogP contribution < -0.4 is 15.0 Å². The smallest absolute Gasteiger partial charge is 0.326 e. The van der Waals surface area contributed by atoms with Crippen LogP contribution in [0.25, 0.3) is 21.2 Å². The predicted molar refractivity (Wildman–Crippen MR) is 120 cm³/mol. The zero-order chi connectivity index (χ0) is 22.7. The third-order valence-corrected chi connectivity index (χ3v) is 5.71. The summed E-state index contributed by atoms with van der Waals surface area (Å²) in [6.07, 6.45) is 1.12. The SMILES string of the molecule is CCOC(=O)Cn1c(=NC(=O)c2coc3ccccc3c2=O)sc2cc(OCC)ccc21. The number of amides is 1. The first-order valence-corrected chi connectivity index (χ1v) is 10.8. The number of para-hydroxylation sites is 1. The van der Waals surface area contributed by atoms with Crippen LogP contribution in [0.15, 0.2) is 62.9 Å². The monoisotopic (exact) mass is 452 g/mol. The molecule has 0 atom stereocenters. The Balaban J connectivity index is 1.84. The highest BCUT2D eigenvalue weighted by Gasteiger charge is 2.17. The minimum atomic E-state index is -0.751. The number of esters is 1. The normalized spacial score (nSPS) is 11.8. The molecule has 4 rings (SSSR count). The minimum absolute atomic E-state index is 0.125. The first kappa shape index (κ1) is 21.5. The average molecular weight is 452 g/mol. The van der Waals surface area contributed by atoms with E-state index in [1.807, 2.05) is 13.0 Å². The number of ether oxygens (including phenoxy) is 2. The molecule has 2 aromatic carbocycles. The van der Waals surface area contributed by atoms with Gasteiger partial charge in [0.15, 0.2) is 4.80 Å². The van der Waals surface area contributed by atoms with Crippen molar-refractivity contribution in [3.63, 3.8) is 0 Å². The van der Waals surface area contributed by atoms with Crippen LogP contribution in [0.1, 0.15) is 24.2 Å². The zero-order valence-electron chi connectivity index (χ0n) is 17.5. The van der Waals surface area contributed by atoms with Crippen molar-refractivity contribution in [3.8, 4) is 5.75 Å². The van der Waals surface area contributed by atoms with Gasteiger partial charge in [0.25, 0.3) is 5.91 Å². The minimum Gasteiger partial charge on any atom is -0.494 e. The molecule has 0 aliphatic heterocycles. The summed E-state index contributed by atoms with van der Waals surface area (Å²) in [4.78, 5) is 42.3. The van der Waals surface area contributed by atoms with Gasteiger partial charge in [-0.3, -0.25) is 14.4 Å². The number of thiazole rings is 1. The van der Waals surface area contributed by atoms with Gasteiger partial charge in [-0.15, -0.1) is 0 Å². The Hall–Kier alpha value is -3.72. The molecule has 1 amide bonds. The number of nitrogens with zero attached hydrogens (tertiary/aromatic N) is 2. The summed E-state index contributed by atoms with van der Waals surface area (Å²) in [6.45, 7) is 4.22. The lowest BCUT2D eigenvalue weighted by atomic mass is 10.2. The summed E-state index contributed by atoms with van der Waals surface area (Å²) in [5.74, 6) is -0.545. The molecule has 9 heteroatoms. The molecule has 0 saturated carbocycles. The van der Waals surface area contributed by atoms with E-state index in [4.69, 9.17) is 13.9 Å². The van der Waals surface area contributed by atoms with Gasteiger partial charge in [0.2, 0.25) is 5.43 Å². The van der Waals surface area contributed by atoms with E-state index < -0.39 is 17.3 Å². The molecular formula is C23H20N2O6S. The van der Waals surface area contributed by atoms with Crippen molar-refractivity contribution in [1.82, 2.24) is 4.57 Å². The molecule has 2 aromatic heterocycles. The van der Waals surface area contributed by atoms with Crippen molar-refractivity contribution in [2.24, 2.45) is 4.99 Å². The molecule has 2 heterocycles. The second kappa shape index (κ2) is 9.19. The molecule has 0 bridgehead atoms. The highest BCUT2D eigenvalue weighted by molar-refractivity contribution is 7.16. The lowest BCUT2D eigenvalue weighted by Crippen LogP contribution is -2.24. The molecule has 4 aromatic rings. The number of benzene rings is 2. The van der Waals surface area contributed by atoms with Crippen LogP contribution in [-0.4, -0.2) is 29.7 Å². The van der Waals surface area contributed by atoms with E-state index in [0.29, 0.717) is 28.8 Å². The second-order valence-corrected chi connectivity index (χ2v) is 7.74. The average Bonchev–Trinajstić information content (AvgIpc) is 3.10. The lowest BCUT2D eigenvalue weighted by molar-refractivity contribution is -0.143. The van der Waals surface area contributed by atoms with Crippen molar-refractivity contribution >= 4 is 44.4 Å². The number of fused-ring (bicyclic) bond motifs is 2. The molecule has 8 nitrogen and oxygen atoms in total. The summed E-state index contributed by atoms with van der Waals surface area (Å²) in [7, 11) is 0. The van der Waals surface area contributed by atoms with Crippen LogP contribution in [0, 0.1) is 0 Å². The Bertz CT molecular complexity index is 1450. The highest BCUT2D eigenvalue weighted by atomic mass is 32.1. The maximum Gasteiger partial charge on any atom is 0.326 e. The summed E-state index contributed by atoms with van der Waals surface area (Å²) < 4.78 is 18.4. The van der Waals surface area contributed by atoms with Crippen LogP contribution >= 0.6 is 11.3 Å². The van der Waals surface area contributed by atoms with E-state index in [-0.39, 0.29) is 23.5 Å². The fourth-order valence-electron chi connectivity index (χ4n) is 3.26. The van der Waals surface area contributed by atoms with Gasteiger partial charge in [0.05, 0.1) is 28.8 Å². The Morgan fingerprint density at radius 2 is 1.94 bits per heavy atom. The maximum atomic E-state index is 12.9. The highest BCUT2D eigenvalue weighted by Crippen LogP contribution is 2.23. The van der Waals surface area contributed by atoms with E-state index in [1.54, 1.807) is 47.9 Å². The molecule has 0 aliphatic rings. The van der Waals surface area contributed by atoms with Crippen LogP contribution in [-0.2, 0) is 16.1 Å². The number of aromatic nitrogens is 1. The van der Waals surface area contributed by atoms with E-state index in [9.17, 15) is 14.4 Å². The lowest BCUT2D eigenvalue weighted by Gasteiger charge is -2.06. The molecule has 0 N–H and O–H groups in total. The van der Waals surface area contributed by atoms with Gasteiger partial charge in [-0.25, -0.2) is 0 Å². The first-order valence-electron chi connectivity index (χ1n) is 10.0. The van der Waals surface area contributed by atoms with Crippen molar-refractivity contribution in [2.45, 2.75) is 20.4 Å². The first-order chi connectivity index (χ1) is 15.5. The molecule has 0 aliphatic carbocycles. The summed E-state index contributed by atoms with van der Waals surface area (Å²) >= 11 is 1.21. The zero-order valence-corrected chi connectivity index (χ0v) is 18.3. The third kappa shape index (κ3) is 4.19. The maximum absolute atomic E-state index is 12.9. The van der Waals surface area contributed by atoms with Crippen molar-refractivity contribution in [1.29, 1.82) is 0 Å². The van der Waals surface area contributed by atoms with E-state index >= 15 is 0 Å². The van der Waals surface area contributed by atoms with Gasteiger partial charge in [0.1, 0.15) is 29.7 Å². The number of carbonyl (C=O) groups excluding carboxylic acids is 2. The van der Waals surface area contributed by atoms with Gasteiger partial charge in [-0.1, -0.05) is 23.5 Å². The standard InChI is InChI=1S/C23H20N2O6S/c1-3-29-14-9-10-17-19(11-14)32-23(25(17)12-20(26)30-4-2)24-22(28)16-13-31-18-8-6-5-7-15(18)21(16)27/h5-11,13H,3-4,12H2,1-2H3. The molecule has 0 unspecified atom stereocenters. The third-order valence-electron chi connectivity index (χ3n) is 4.67. The van der Waals surface area contributed by atoms with Gasteiger partial charge < -0.3 is 18.5 Å². The molecule has 0 radical (unpaired) electrons. The second-order valence-electron chi connectivity index (χ2n) is 6.73. The summed E-state index contributed by atoms with van der Waals surface area (Å²) in [5, 5.41) is 0.297. The van der Waals surface area contributed by atoms with Gasteiger partial charge >= 0.3 is 5.97 Å². The van der Waals surface area contributed by atoms with Gasteiger partial charge in [-0.2, -0.15) is 4.99 Å². The van der Waals surface area contributed by atoms with E-state index in [0.717, 1.165) is 11.0 Å². The Labute approximate surface area is 186 Å². The van der Waals surface area contributed by atoms with Crippen molar-refractivity contribution < 1.29 is 23.5 Å². The molecule has 0 saturated heterocycles. The van der Waals surface area contributed by atoms with Gasteiger partial charge in [0, 0.05) is 0 Å². The fourth-order valence-corrected chi connectivity index (χ4v) is 4.31. The van der Waals surface area contributed by atoms with Crippen LogP contribution in [0.4, 0.5) is 0 Å². The quantitative estimate of drug-likeness (QED) is 0.415. The topological polar surface area (TPSA) is 100 Å². The molecule has 164 valence electrons. The number of hydrogen-bond donors (Lipinski definition) is 0. The van der Waals surface area contributed by atoms with Gasteiger partial charge in [-0.05, 0) is 44.2 Å². The molecule has 32 heavy (non-hydrogen) atoms. The van der Waals surface area contributed by atoms with Crippen molar-refractivity contribution in [2.75, 3.05) is 13.2 Å². The van der Waals surface area contributed by atoms with Crippen LogP contribution in [0.2, 0.25) is 0 Å². The Morgan fingerprint density at radius 1 is 1.12 bits per heavy atom. The number of rotatable bonds is 6. The number of hydrogen-bond acceptors (Lipinski definition) is 7. The fraction of sp³-hybridized carbons (Fsp3) is 0.217. The molecule has 0 fully saturated rings. The van der Waals surface area contributed by atoms with E-state index in [1.165, 1.54) is 11.3 Å². The van der Waals surface area contributed by atoms with E-state index in [2.05, 4.69) is 4.99 Å². The van der Waals surface area contributed by atoms with Crippen LogP contribution in [0.3, 0.4) is 0 Å². The Kier molecular flexibility index (Phi) is 6.18. The predicted octanol–water partition coefficient (Wildman–Crippen LogP) is 3.51. The molecule has 0 spiro atoms.